The number of amides is 1. The van der Waals surface area contributed by atoms with Crippen molar-refractivity contribution < 1.29 is 19.4 Å². The van der Waals surface area contributed by atoms with Gasteiger partial charge in [0.05, 0.1) is 18.4 Å². The standard InChI is InChI=1S/C12H23NO4/c1-11(2,8-10(15)16)5-6-17-12(3,4)7-9(13)14/h5-8H2,1-4H3,(H2,13,14)(H,15,16). The van der Waals surface area contributed by atoms with Gasteiger partial charge in [0.15, 0.2) is 0 Å². The van der Waals surface area contributed by atoms with Crippen LogP contribution in [0.4, 0.5) is 0 Å². The van der Waals surface area contributed by atoms with Gasteiger partial charge in [-0.05, 0) is 25.7 Å². The van der Waals surface area contributed by atoms with Gasteiger partial charge in [-0.25, -0.2) is 0 Å². The second-order valence-corrected chi connectivity index (χ2v) is 5.74. The molecule has 1 amide bonds. The highest BCUT2D eigenvalue weighted by molar-refractivity contribution is 5.74. The highest BCUT2D eigenvalue weighted by Gasteiger charge is 2.25. The number of aliphatic carboxylic acids is 1. The Bertz CT molecular complexity index is 256. The minimum Gasteiger partial charge on any atom is -0.481 e. The van der Waals surface area contributed by atoms with Crippen LogP contribution >= 0.6 is 0 Å². The number of nitrogens with two attached hydrogens (primary N) is 1. The van der Waals surface area contributed by atoms with Crippen LogP contribution in [0, 0.1) is 5.41 Å². The molecule has 100 valence electrons. The Hall–Kier alpha value is -1.10. The molecule has 3 N–H and O–H groups in total. The van der Waals surface area contributed by atoms with Crippen LogP contribution in [0.15, 0.2) is 0 Å². The number of rotatable bonds is 8. The van der Waals surface area contributed by atoms with Gasteiger partial charge in [0.1, 0.15) is 0 Å². The van der Waals surface area contributed by atoms with Gasteiger partial charge in [-0.15, -0.1) is 0 Å². The third-order valence-corrected chi connectivity index (χ3v) is 2.50. The van der Waals surface area contributed by atoms with Crippen molar-refractivity contribution in [2.24, 2.45) is 11.1 Å². The molecule has 0 bridgehead atoms. The zero-order chi connectivity index (χ0) is 13.7. The van der Waals surface area contributed by atoms with E-state index in [1.54, 1.807) is 13.8 Å². The smallest absolute Gasteiger partial charge is 0.303 e. The summed E-state index contributed by atoms with van der Waals surface area (Å²) in [6.45, 7) is 7.77. The van der Waals surface area contributed by atoms with E-state index in [0.717, 1.165) is 0 Å². The van der Waals surface area contributed by atoms with E-state index in [2.05, 4.69) is 0 Å². The zero-order valence-electron chi connectivity index (χ0n) is 11.1. The number of hydrogen-bond acceptors (Lipinski definition) is 3. The van der Waals surface area contributed by atoms with Crippen LogP contribution < -0.4 is 5.73 Å². The van der Waals surface area contributed by atoms with Crippen LogP contribution in [-0.4, -0.2) is 29.2 Å². The van der Waals surface area contributed by atoms with Crippen molar-refractivity contribution in [3.05, 3.63) is 0 Å². The fourth-order valence-electron chi connectivity index (χ4n) is 1.57. The number of carbonyl (C=O) groups is 2. The lowest BCUT2D eigenvalue weighted by molar-refractivity contribution is -0.139. The third-order valence-electron chi connectivity index (χ3n) is 2.50. The van der Waals surface area contributed by atoms with Crippen molar-refractivity contribution >= 4 is 11.9 Å². The quantitative estimate of drug-likeness (QED) is 0.679. The van der Waals surface area contributed by atoms with E-state index in [4.69, 9.17) is 15.6 Å². The van der Waals surface area contributed by atoms with Crippen molar-refractivity contribution in [2.45, 2.75) is 52.6 Å². The lowest BCUT2D eigenvalue weighted by Crippen LogP contribution is -2.32. The maximum absolute atomic E-state index is 10.8. The molecular formula is C12H23NO4. The molecule has 0 heterocycles. The summed E-state index contributed by atoms with van der Waals surface area (Å²) in [6, 6.07) is 0. The number of carboxylic acids is 1. The van der Waals surface area contributed by atoms with Crippen LogP contribution in [0.3, 0.4) is 0 Å². The van der Waals surface area contributed by atoms with E-state index in [0.29, 0.717) is 13.0 Å². The van der Waals surface area contributed by atoms with Crippen molar-refractivity contribution in [2.75, 3.05) is 6.61 Å². The van der Waals surface area contributed by atoms with Gasteiger partial charge in [0.25, 0.3) is 0 Å². The zero-order valence-corrected chi connectivity index (χ0v) is 11.1. The summed E-state index contributed by atoms with van der Waals surface area (Å²) < 4.78 is 5.56. The summed E-state index contributed by atoms with van der Waals surface area (Å²) >= 11 is 0. The van der Waals surface area contributed by atoms with Crippen molar-refractivity contribution in [3.8, 4) is 0 Å². The van der Waals surface area contributed by atoms with E-state index in [1.807, 2.05) is 13.8 Å². The van der Waals surface area contributed by atoms with Crippen LogP contribution in [0.5, 0.6) is 0 Å². The number of ether oxygens (including phenoxy) is 1. The van der Waals surface area contributed by atoms with Gasteiger partial charge in [-0.3, -0.25) is 9.59 Å². The molecule has 0 rings (SSSR count). The largest absolute Gasteiger partial charge is 0.481 e. The summed E-state index contributed by atoms with van der Waals surface area (Å²) in [7, 11) is 0. The van der Waals surface area contributed by atoms with Gasteiger partial charge in [0.2, 0.25) is 5.91 Å². The molecule has 0 atom stereocenters. The molecule has 0 fully saturated rings. The normalized spacial score (nSPS) is 12.5. The average molecular weight is 245 g/mol. The molecule has 0 saturated heterocycles. The summed E-state index contributed by atoms with van der Waals surface area (Å²) in [5.74, 6) is -1.22. The molecule has 0 saturated carbocycles. The van der Waals surface area contributed by atoms with E-state index in [9.17, 15) is 9.59 Å². The molecule has 0 unspecified atom stereocenters. The summed E-state index contributed by atoms with van der Waals surface area (Å²) in [5.41, 5.74) is 4.20. The fraction of sp³-hybridized carbons (Fsp3) is 0.833. The summed E-state index contributed by atoms with van der Waals surface area (Å²) in [6.07, 6.45) is 0.889. The van der Waals surface area contributed by atoms with Crippen molar-refractivity contribution in [1.29, 1.82) is 0 Å². The monoisotopic (exact) mass is 245 g/mol. The highest BCUT2D eigenvalue weighted by Crippen LogP contribution is 2.26. The Morgan fingerprint density at radius 3 is 2.12 bits per heavy atom. The minimum atomic E-state index is -0.814. The maximum atomic E-state index is 10.8. The molecule has 17 heavy (non-hydrogen) atoms. The van der Waals surface area contributed by atoms with Gasteiger partial charge in [-0.2, -0.15) is 0 Å². The predicted octanol–water partition coefficient (Wildman–Crippen LogP) is 1.55. The molecule has 0 aromatic heterocycles. The van der Waals surface area contributed by atoms with Crippen molar-refractivity contribution in [3.63, 3.8) is 0 Å². The molecule has 5 nitrogen and oxygen atoms in total. The van der Waals surface area contributed by atoms with Gasteiger partial charge < -0.3 is 15.6 Å². The van der Waals surface area contributed by atoms with E-state index in [-0.39, 0.29) is 18.3 Å². The highest BCUT2D eigenvalue weighted by atomic mass is 16.5. The number of hydrogen-bond donors (Lipinski definition) is 2. The second-order valence-electron chi connectivity index (χ2n) is 5.74. The minimum absolute atomic E-state index is 0.104. The predicted molar refractivity (Wildman–Crippen MR) is 64.5 cm³/mol. The number of carbonyl (C=O) groups excluding carboxylic acids is 1. The van der Waals surface area contributed by atoms with E-state index >= 15 is 0 Å². The molecule has 0 aromatic rings. The summed E-state index contributed by atoms with van der Waals surface area (Å²) in [4.78, 5) is 21.4. The van der Waals surface area contributed by atoms with E-state index in [1.165, 1.54) is 0 Å². The lowest BCUT2D eigenvalue weighted by Gasteiger charge is -2.27. The first-order chi connectivity index (χ1) is 7.54. The molecule has 5 heteroatoms. The Morgan fingerprint density at radius 2 is 1.71 bits per heavy atom. The van der Waals surface area contributed by atoms with Crippen LogP contribution in [0.2, 0.25) is 0 Å². The molecule has 0 aliphatic rings. The number of carboxylic acid groups (broad SMARTS) is 1. The van der Waals surface area contributed by atoms with Crippen LogP contribution in [0.1, 0.15) is 47.0 Å². The van der Waals surface area contributed by atoms with Crippen LogP contribution in [-0.2, 0) is 14.3 Å². The molecule has 0 aliphatic heterocycles. The molecule has 0 aromatic carbocycles. The first kappa shape index (κ1) is 15.9. The van der Waals surface area contributed by atoms with Crippen molar-refractivity contribution in [1.82, 2.24) is 0 Å². The Labute approximate surface area is 102 Å². The topological polar surface area (TPSA) is 89.6 Å². The maximum Gasteiger partial charge on any atom is 0.303 e. The number of primary amides is 1. The first-order valence-corrected chi connectivity index (χ1v) is 5.68. The first-order valence-electron chi connectivity index (χ1n) is 5.68. The molecular weight excluding hydrogens is 222 g/mol. The van der Waals surface area contributed by atoms with Crippen LogP contribution in [0.25, 0.3) is 0 Å². The van der Waals surface area contributed by atoms with Gasteiger partial charge in [-0.1, -0.05) is 13.8 Å². The molecule has 0 radical (unpaired) electrons. The average Bonchev–Trinajstić information content (AvgIpc) is 1.96. The lowest BCUT2D eigenvalue weighted by atomic mass is 9.86. The Balaban J connectivity index is 4.05. The summed E-state index contributed by atoms with van der Waals surface area (Å²) in [5, 5.41) is 8.73. The fourth-order valence-corrected chi connectivity index (χ4v) is 1.57. The SMILES string of the molecule is CC(C)(CCOC(C)(C)CC(N)=O)CC(=O)O. The van der Waals surface area contributed by atoms with E-state index < -0.39 is 17.5 Å². The molecule has 0 aliphatic carbocycles. The van der Waals surface area contributed by atoms with Gasteiger partial charge >= 0.3 is 5.97 Å². The molecule has 0 spiro atoms. The Kier molecular flexibility index (Phi) is 5.61. The van der Waals surface area contributed by atoms with Gasteiger partial charge in [0, 0.05) is 6.61 Å². The Morgan fingerprint density at radius 1 is 1.18 bits per heavy atom. The third kappa shape index (κ3) is 8.68. The second kappa shape index (κ2) is 6.00.